The van der Waals surface area contributed by atoms with Gasteiger partial charge in [-0.05, 0) is 19.4 Å². The van der Waals surface area contributed by atoms with Crippen molar-refractivity contribution >= 4 is 11.8 Å². The van der Waals surface area contributed by atoms with Gasteiger partial charge < -0.3 is 5.32 Å². The number of aromatic nitrogens is 2. The van der Waals surface area contributed by atoms with Crippen LogP contribution in [-0.2, 0) is 7.05 Å². The van der Waals surface area contributed by atoms with Crippen molar-refractivity contribution in [2.45, 2.75) is 43.9 Å². The zero-order chi connectivity index (χ0) is 12.1. The van der Waals surface area contributed by atoms with Gasteiger partial charge in [0.1, 0.15) is 0 Å². The minimum Gasteiger partial charge on any atom is -0.309 e. The highest BCUT2D eigenvalue weighted by Gasteiger charge is 2.19. The van der Waals surface area contributed by atoms with Crippen LogP contribution in [0.15, 0.2) is 12.4 Å². The summed E-state index contributed by atoms with van der Waals surface area (Å²) in [6.45, 7) is 3.19. The summed E-state index contributed by atoms with van der Waals surface area (Å²) in [6, 6.07) is 0.458. The van der Waals surface area contributed by atoms with Crippen LogP contribution in [0.5, 0.6) is 0 Å². The molecule has 17 heavy (non-hydrogen) atoms. The summed E-state index contributed by atoms with van der Waals surface area (Å²) >= 11 is 2.14. The van der Waals surface area contributed by atoms with E-state index in [4.69, 9.17) is 0 Å². The van der Waals surface area contributed by atoms with Crippen LogP contribution in [0.1, 0.15) is 44.2 Å². The molecule has 1 heterocycles. The van der Waals surface area contributed by atoms with Gasteiger partial charge in [-0.15, -0.1) is 0 Å². The first kappa shape index (κ1) is 13.0. The highest BCUT2D eigenvalue weighted by Crippen LogP contribution is 2.31. The lowest BCUT2D eigenvalue weighted by Crippen LogP contribution is -2.23. The fourth-order valence-corrected chi connectivity index (χ4v) is 3.87. The van der Waals surface area contributed by atoms with Gasteiger partial charge in [0.05, 0.1) is 6.20 Å². The first-order valence-electron chi connectivity index (χ1n) is 6.63. The standard InChI is InChI=1S/C13H23N3S/c1-3-14-13(11-8-15-16(2)9-11)10-17-12-6-4-5-7-12/h8-9,12-14H,3-7,10H2,1-2H3. The van der Waals surface area contributed by atoms with Crippen molar-refractivity contribution in [1.29, 1.82) is 0 Å². The van der Waals surface area contributed by atoms with Crippen LogP contribution in [0.2, 0.25) is 0 Å². The number of aryl methyl sites for hydroxylation is 1. The van der Waals surface area contributed by atoms with Crippen molar-refractivity contribution < 1.29 is 0 Å². The Kier molecular flexibility index (Phi) is 4.92. The van der Waals surface area contributed by atoms with Crippen LogP contribution in [-0.4, -0.2) is 27.3 Å². The fraction of sp³-hybridized carbons (Fsp3) is 0.769. The van der Waals surface area contributed by atoms with Gasteiger partial charge in [0.25, 0.3) is 0 Å². The zero-order valence-electron chi connectivity index (χ0n) is 10.9. The Labute approximate surface area is 108 Å². The maximum Gasteiger partial charge on any atom is 0.0537 e. The van der Waals surface area contributed by atoms with E-state index < -0.39 is 0 Å². The summed E-state index contributed by atoms with van der Waals surface area (Å²) in [5.41, 5.74) is 1.32. The van der Waals surface area contributed by atoms with Crippen LogP contribution >= 0.6 is 11.8 Å². The molecule has 96 valence electrons. The molecule has 1 N–H and O–H groups in total. The van der Waals surface area contributed by atoms with Crippen molar-refractivity contribution in [2.24, 2.45) is 7.05 Å². The van der Waals surface area contributed by atoms with E-state index in [-0.39, 0.29) is 0 Å². The Bertz CT molecular complexity index is 331. The van der Waals surface area contributed by atoms with Crippen LogP contribution < -0.4 is 5.32 Å². The lowest BCUT2D eigenvalue weighted by Gasteiger charge is -2.18. The van der Waals surface area contributed by atoms with Crippen molar-refractivity contribution in [3.05, 3.63) is 18.0 Å². The monoisotopic (exact) mass is 253 g/mol. The quantitative estimate of drug-likeness (QED) is 0.845. The average Bonchev–Trinajstić information content (AvgIpc) is 2.95. The molecule has 1 aliphatic carbocycles. The summed E-state index contributed by atoms with van der Waals surface area (Å²) < 4.78 is 1.89. The first-order chi connectivity index (χ1) is 8.29. The molecular formula is C13H23N3S. The van der Waals surface area contributed by atoms with Crippen molar-refractivity contribution in [2.75, 3.05) is 12.3 Å². The Morgan fingerprint density at radius 1 is 1.53 bits per heavy atom. The lowest BCUT2D eigenvalue weighted by atomic mass is 10.2. The van der Waals surface area contributed by atoms with Gasteiger partial charge in [-0.1, -0.05) is 19.8 Å². The number of rotatable bonds is 6. The Morgan fingerprint density at radius 3 is 2.88 bits per heavy atom. The maximum absolute atomic E-state index is 4.27. The minimum absolute atomic E-state index is 0.458. The molecule has 3 nitrogen and oxygen atoms in total. The predicted octanol–water partition coefficient (Wildman–Crippen LogP) is 2.75. The normalized spacial score (nSPS) is 18.7. The number of thioether (sulfide) groups is 1. The molecule has 0 aliphatic heterocycles. The van der Waals surface area contributed by atoms with E-state index in [0.29, 0.717) is 6.04 Å². The van der Waals surface area contributed by atoms with E-state index in [1.165, 1.54) is 37.0 Å². The van der Waals surface area contributed by atoms with Gasteiger partial charge in [0.15, 0.2) is 0 Å². The van der Waals surface area contributed by atoms with Gasteiger partial charge in [-0.2, -0.15) is 16.9 Å². The van der Waals surface area contributed by atoms with Gasteiger partial charge in [-0.3, -0.25) is 4.68 Å². The second kappa shape index (κ2) is 6.45. The summed E-state index contributed by atoms with van der Waals surface area (Å²) in [4.78, 5) is 0. The van der Waals surface area contributed by atoms with Crippen molar-refractivity contribution in [3.63, 3.8) is 0 Å². The summed E-state index contributed by atoms with van der Waals surface area (Å²) in [5.74, 6) is 1.17. The summed E-state index contributed by atoms with van der Waals surface area (Å²) in [5, 5.41) is 8.73. The van der Waals surface area contributed by atoms with Crippen LogP contribution in [0.3, 0.4) is 0 Å². The molecule has 0 saturated heterocycles. The molecule has 0 amide bonds. The van der Waals surface area contributed by atoms with Crippen LogP contribution in [0.4, 0.5) is 0 Å². The number of nitrogens with one attached hydrogen (secondary N) is 1. The largest absolute Gasteiger partial charge is 0.309 e. The molecule has 2 rings (SSSR count). The topological polar surface area (TPSA) is 29.9 Å². The minimum atomic E-state index is 0.458. The molecule has 4 heteroatoms. The average molecular weight is 253 g/mol. The van der Waals surface area contributed by atoms with E-state index in [1.54, 1.807) is 0 Å². The molecule has 1 aliphatic rings. The third-order valence-electron chi connectivity index (χ3n) is 3.38. The Morgan fingerprint density at radius 2 is 2.29 bits per heavy atom. The van der Waals surface area contributed by atoms with Gasteiger partial charge >= 0.3 is 0 Å². The van der Waals surface area contributed by atoms with Crippen molar-refractivity contribution in [1.82, 2.24) is 15.1 Å². The predicted molar refractivity (Wildman–Crippen MR) is 74.3 cm³/mol. The molecule has 0 aromatic carbocycles. The SMILES string of the molecule is CCNC(CSC1CCCC1)c1cnn(C)c1. The zero-order valence-corrected chi connectivity index (χ0v) is 11.7. The molecule has 1 saturated carbocycles. The number of hydrogen-bond acceptors (Lipinski definition) is 3. The lowest BCUT2D eigenvalue weighted by molar-refractivity contribution is 0.604. The Balaban J connectivity index is 1.87. The van der Waals surface area contributed by atoms with Gasteiger partial charge in [-0.25, -0.2) is 0 Å². The molecule has 0 radical (unpaired) electrons. The third kappa shape index (κ3) is 3.75. The Hall–Kier alpha value is -0.480. The van der Waals surface area contributed by atoms with Crippen LogP contribution in [0.25, 0.3) is 0 Å². The van der Waals surface area contributed by atoms with Gasteiger partial charge in [0.2, 0.25) is 0 Å². The smallest absolute Gasteiger partial charge is 0.0537 e. The molecule has 1 aromatic rings. The first-order valence-corrected chi connectivity index (χ1v) is 7.68. The molecule has 1 aromatic heterocycles. The molecule has 1 unspecified atom stereocenters. The maximum atomic E-state index is 4.27. The number of nitrogens with zero attached hydrogens (tertiary/aromatic N) is 2. The van der Waals surface area contributed by atoms with E-state index >= 15 is 0 Å². The summed E-state index contributed by atoms with van der Waals surface area (Å²) in [6.07, 6.45) is 9.80. The molecule has 1 fully saturated rings. The van der Waals surface area contributed by atoms with Crippen molar-refractivity contribution in [3.8, 4) is 0 Å². The van der Waals surface area contributed by atoms with E-state index in [2.05, 4.69) is 35.3 Å². The summed E-state index contributed by atoms with van der Waals surface area (Å²) in [7, 11) is 1.98. The van der Waals surface area contributed by atoms with E-state index in [9.17, 15) is 0 Å². The van der Waals surface area contributed by atoms with Gasteiger partial charge in [0, 0.05) is 35.9 Å². The molecule has 0 bridgehead atoms. The third-order valence-corrected chi connectivity index (χ3v) is 4.85. The highest BCUT2D eigenvalue weighted by molar-refractivity contribution is 7.99. The fourth-order valence-electron chi connectivity index (χ4n) is 2.43. The molecule has 1 atom stereocenters. The molecular weight excluding hydrogens is 230 g/mol. The van der Waals surface area contributed by atoms with E-state index in [1.807, 2.05) is 17.9 Å². The molecule has 0 spiro atoms. The highest BCUT2D eigenvalue weighted by atomic mass is 32.2. The second-order valence-corrected chi connectivity index (χ2v) is 6.13. The number of hydrogen-bond donors (Lipinski definition) is 1. The second-order valence-electron chi connectivity index (χ2n) is 4.80. The van der Waals surface area contributed by atoms with Crippen LogP contribution in [0, 0.1) is 0 Å². The van der Waals surface area contributed by atoms with E-state index in [0.717, 1.165) is 11.8 Å².